The van der Waals surface area contributed by atoms with Crippen molar-refractivity contribution in [2.45, 2.75) is 6.18 Å². The van der Waals surface area contributed by atoms with Crippen LogP contribution in [0.15, 0.2) is 48.7 Å². The number of hydrogen-bond acceptors (Lipinski definition) is 2. The van der Waals surface area contributed by atoms with Gasteiger partial charge in [-0.3, -0.25) is 0 Å². The highest BCUT2D eigenvalue weighted by molar-refractivity contribution is 6.06. The molecule has 1 aromatic heterocycles. The topological polar surface area (TPSA) is 51.5 Å². The first-order valence-electron chi connectivity index (χ1n) is 6.94. The Hall–Kier alpha value is -2.96. The maximum absolute atomic E-state index is 12.6. The van der Waals surface area contributed by atoms with Crippen LogP contribution >= 0.6 is 0 Å². The molecule has 0 bridgehead atoms. The minimum atomic E-state index is -4.42. The van der Waals surface area contributed by atoms with Gasteiger partial charge in [-0.15, -0.1) is 0 Å². The van der Waals surface area contributed by atoms with E-state index in [4.69, 9.17) is 4.74 Å². The van der Waals surface area contributed by atoms with E-state index >= 15 is 0 Å². The van der Waals surface area contributed by atoms with E-state index < -0.39 is 17.7 Å². The number of alkyl halides is 3. The number of hydrogen-bond donors (Lipinski definition) is 1. The Balaban J connectivity index is 2.03. The maximum atomic E-state index is 12.6. The Kier molecular flexibility index (Phi) is 3.71. The highest BCUT2D eigenvalue weighted by Gasteiger charge is 2.30. The molecule has 2 aromatic carbocycles. The molecule has 1 heterocycles. The van der Waals surface area contributed by atoms with Crippen LogP contribution in [-0.4, -0.2) is 15.6 Å². The molecule has 0 saturated heterocycles. The lowest BCUT2D eigenvalue weighted by atomic mass is 10.1. The Bertz CT molecular complexity index is 911. The molecular formula is C17H12F3NO3. The van der Waals surface area contributed by atoms with Crippen LogP contribution in [0.3, 0.4) is 0 Å². The SMILES string of the molecule is Cn1cc(C(=O)O)c2c(Oc3ccc(C(F)(F)F)cc3)cccc21. The second-order valence-corrected chi connectivity index (χ2v) is 5.23. The minimum absolute atomic E-state index is 0.0648. The van der Waals surface area contributed by atoms with Crippen molar-refractivity contribution < 1.29 is 27.8 Å². The molecular weight excluding hydrogens is 323 g/mol. The van der Waals surface area contributed by atoms with E-state index in [0.717, 1.165) is 12.1 Å². The van der Waals surface area contributed by atoms with Gasteiger partial charge in [-0.2, -0.15) is 13.2 Å². The monoisotopic (exact) mass is 335 g/mol. The number of aromatic nitrogens is 1. The molecule has 0 aliphatic heterocycles. The Morgan fingerprint density at radius 1 is 1.12 bits per heavy atom. The van der Waals surface area contributed by atoms with Crippen LogP contribution in [0.25, 0.3) is 10.9 Å². The number of carboxylic acids is 1. The second-order valence-electron chi connectivity index (χ2n) is 5.23. The van der Waals surface area contributed by atoms with E-state index in [1.54, 1.807) is 29.8 Å². The van der Waals surface area contributed by atoms with Crippen LogP contribution < -0.4 is 4.74 Å². The van der Waals surface area contributed by atoms with Crippen LogP contribution in [0.2, 0.25) is 0 Å². The van der Waals surface area contributed by atoms with Gasteiger partial charge in [0.2, 0.25) is 0 Å². The fraction of sp³-hybridized carbons (Fsp3) is 0.118. The highest BCUT2D eigenvalue weighted by atomic mass is 19.4. The summed E-state index contributed by atoms with van der Waals surface area (Å²) in [4.78, 5) is 11.4. The average molecular weight is 335 g/mol. The predicted octanol–water partition coefficient (Wildman–Crippen LogP) is 4.69. The number of halogens is 3. The molecule has 0 aliphatic rings. The predicted molar refractivity (Wildman–Crippen MR) is 81.4 cm³/mol. The lowest BCUT2D eigenvalue weighted by Crippen LogP contribution is -2.04. The molecule has 24 heavy (non-hydrogen) atoms. The molecule has 0 amide bonds. The maximum Gasteiger partial charge on any atom is 0.416 e. The van der Waals surface area contributed by atoms with Crippen molar-refractivity contribution in [2.24, 2.45) is 7.05 Å². The Labute approximate surface area is 134 Å². The van der Waals surface area contributed by atoms with Crippen LogP contribution in [0.4, 0.5) is 13.2 Å². The average Bonchev–Trinajstić information content (AvgIpc) is 2.86. The van der Waals surface area contributed by atoms with Crippen LogP contribution in [0.5, 0.6) is 11.5 Å². The summed E-state index contributed by atoms with van der Waals surface area (Å²) in [6.45, 7) is 0. The lowest BCUT2D eigenvalue weighted by molar-refractivity contribution is -0.137. The summed E-state index contributed by atoms with van der Waals surface area (Å²) in [7, 11) is 1.71. The first-order chi connectivity index (χ1) is 11.3. The number of aromatic carboxylic acids is 1. The van der Waals surface area contributed by atoms with Gasteiger partial charge in [0, 0.05) is 13.2 Å². The summed E-state index contributed by atoms with van der Waals surface area (Å²) in [6.07, 6.45) is -2.96. The summed E-state index contributed by atoms with van der Waals surface area (Å²) < 4.78 is 45.0. The summed E-state index contributed by atoms with van der Waals surface area (Å²) in [5.41, 5.74) is -0.0641. The summed E-state index contributed by atoms with van der Waals surface area (Å²) in [6, 6.07) is 9.23. The van der Waals surface area contributed by atoms with Gasteiger partial charge in [-0.1, -0.05) is 6.07 Å². The molecule has 1 N–H and O–H groups in total. The zero-order chi connectivity index (χ0) is 17.5. The number of aryl methyl sites for hydroxylation is 1. The molecule has 4 nitrogen and oxygen atoms in total. The van der Waals surface area contributed by atoms with Crippen LogP contribution in [0.1, 0.15) is 15.9 Å². The number of nitrogens with zero attached hydrogens (tertiary/aromatic N) is 1. The highest BCUT2D eigenvalue weighted by Crippen LogP contribution is 2.35. The standard InChI is InChI=1S/C17H12F3NO3/c1-21-9-12(16(22)23)15-13(21)3-2-4-14(15)24-11-7-5-10(6-8-11)17(18,19)20/h2-9H,1H3,(H,22,23). The smallest absolute Gasteiger partial charge is 0.416 e. The molecule has 3 rings (SSSR count). The lowest BCUT2D eigenvalue weighted by Gasteiger charge is -2.10. The van der Waals surface area contributed by atoms with Crippen molar-refractivity contribution in [3.05, 3.63) is 59.8 Å². The first kappa shape index (κ1) is 15.9. The zero-order valence-corrected chi connectivity index (χ0v) is 12.5. The van der Waals surface area contributed by atoms with Gasteiger partial charge >= 0.3 is 12.1 Å². The Morgan fingerprint density at radius 3 is 2.38 bits per heavy atom. The fourth-order valence-corrected chi connectivity index (χ4v) is 2.50. The molecule has 0 unspecified atom stereocenters. The Morgan fingerprint density at radius 2 is 1.79 bits per heavy atom. The van der Waals surface area contributed by atoms with Crippen molar-refractivity contribution in [1.82, 2.24) is 4.57 Å². The number of ether oxygens (including phenoxy) is 1. The molecule has 0 spiro atoms. The van der Waals surface area contributed by atoms with Crippen LogP contribution in [0, 0.1) is 0 Å². The third-order valence-electron chi connectivity index (χ3n) is 3.62. The van der Waals surface area contributed by atoms with Crippen molar-refractivity contribution >= 4 is 16.9 Å². The third-order valence-corrected chi connectivity index (χ3v) is 3.62. The molecule has 0 aliphatic carbocycles. The molecule has 3 aromatic rings. The van der Waals surface area contributed by atoms with E-state index in [0.29, 0.717) is 10.9 Å². The summed E-state index contributed by atoms with van der Waals surface area (Å²) >= 11 is 0. The van der Waals surface area contributed by atoms with E-state index in [1.807, 2.05) is 0 Å². The van der Waals surface area contributed by atoms with Crippen molar-refractivity contribution in [2.75, 3.05) is 0 Å². The van der Waals surface area contributed by atoms with Gasteiger partial charge in [0.1, 0.15) is 11.5 Å². The van der Waals surface area contributed by atoms with Gasteiger partial charge in [0.05, 0.1) is 22.0 Å². The van der Waals surface area contributed by atoms with E-state index in [1.165, 1.54) is 18.3 Å². The van der Waals surface area contributed by atoms with E-state index in [2.05, 4.69) is 0 Å². The molecule has 7 heteroatoms. The molecule has 0 saturated carbocycles. The number of rotatable bonds is 3. The van der Waals surface area contributed by atoms with Gasteiger partial charge in [-0.05, 0) is 36.4 Å². The van der Waals surface area contributed by atoms with E-state index in [-0.39, 0.29) is 17.1 Å². The summed E-state index contributed by atoms with van der Waals surface area (Å²) in [5.74, 6) is -0.648. The van der Waals surface area contributed by atoms with Gasteiger partial charge in [-0.25, -0.2) is 4.79 Å². The quantitative estimate of drug-likeness (QED) is 0.755. The van der Waals surface area contributed by atoms with Crippen molar-refractivity contribution in [3.63, 3.8) is 0 Å². The molecule has 124 valence electrons. The van der Waals surface area contributed by atoms with Gasteiger partial charge in [0.25, 0.3) is 0 Å². The molecule has 0 fully saturated rings. The van der Waals surface area contributed by atoms with Gasteiger partial charge < -0.3 is 14.4 Å². The normalized spacial score (nSPS) is 11.7. The van der Waals surface area contributed by atoms with E-state index in [9.17, 15) is 23.1 Å². The van der Waals surface area contributed by atoms with Crippen molar-refractivity contribution in [3.8, 4) is 11.5 Å². The zero-order valence-electron chi connectivity index (χ0n) is 12.5. The number of carboxylic acid groups (broad SMARTS) is 1. The van der Waals surface area contributed by atoms with Gasteiger partial charge in [0.15, 0.2) is 0 Å². The summed E-state index contributed by atoms with van der Waals surface area (Å²) in [5, 5.41) is 9.71. The number of benzene rings is 2. The minimum Gasteiger partial charge on any atom is -0.478 e. The molecule has 0 radical (unpaired) electrons. The fourth-order valence-electron chi connectivity index (χ4n) is 2.50. The second kappa shape index (κ2) is 5.59. The van der Waals surface area contributed by atoms with Crippen molar-refractivity contribution in [1.29, 1.82) is 0 Å². The number of fused-ring (bicyclic) bond motifs is 1. The molecule has 0 atom stereocenters. The number of carbonyl (C=O) groups is 1. The van der Waals surface area contributed by atoms with Crippen LogP contribution in [-0.2, 0) is 13.2 Å². The first-order valence-corrected chi connectivity index (χ1v) is 6.94. The largest absolute Gasteiger partial charge is 0.478 e. The third kappa shape index (κ3) is 2.80.